The number of halogens is 4. The molecule has 21 heavy (non-hydrogen) atoms. The van der Waals surface area contributed by atoms with Gasteiger partial charge in [0.05, 0.1) is 0 Å². The molecule has 0 heterocycles. The van der Waals surface area contributed by atoms with E-state index in [0.29, 0.717) is 11.1 Å². The van der Waals surface area contributed by atoms with E-state index in [9.17, 15) is 17.6 Å². The van der Waals surface area contributed by atoms with Gasteiger partial charge in [-0.25, -0.2) is 4.39 Å². The molecule has 0 fully saturated rings. The predicted molar refractivity (Wildman–Crippen MR) is 70.2 cm³/mol. The zero-order chi connectivity index (χ0) is 15.5. The van der Waals surface area contributed by atoms with E-state index < -0.39 is 18.2 Å². The molecule has 0 aliphatic carbocycles. The summed E-state index contributed by atoms with van der Waals surface area (Å²) in [6.45, 7) is 0. The van der Waals surface area contributed by atoms with Crippen LogP contribution in [0.1, 0.15) is 17.2 Å². The van der Waals surface area contributed by atoms with Crippen LogP contribution in [0.25, 0.3) is 0 Å². The smallest absolute Gasteiger partial charge is 0.406 e. The van der Waals surface area contributed by atoms with Gasteiger partial charge in [0.2, 0.25) is 0 Å². The Hall–Kier alpha value is -2.08. The molecule has 0 bridgehead atoms. The lowest BCUT2D eigenvalue weighted by Gasteiger charge is -2.15. The summed E-state index contributed by atoms with van der Waals surface area (Å²) < 4.78 is 53.9. The quantitative estimate of drug-likeness (QED) is 0.867. The van der Waals surface area contributed by atoms with Crippen LogP contribution in [0.5, 0.6) is 5.75 Å². The molecule has 0 saturated heterocycles. The minimum atomic E-state index is -4.76. The van der Waals surface area contributed by atoms with Crippen molar-refractivity contribution in [1.82, 2.24) is 0 Å². The van der Waals surface area contributed by atoms with E-state index in [0.717, 1.165) is 0 Å². The summed E-state index contributed by atoms with van der Waals surface area (Å²) in [5.74, 6) is -0.736. The highest BCUT2D eigenvalue weighted by atomic mass is 19.4. The van der Waals surface area contributed by atoms with Crippen LogP contribution in [0.3, 0.4) is 0 Å². The third kappa shape index (κ3) is 4.46. The first-order chi connectivity index (χ1) is 9.85. The molecular weight excluding hydrogens is 286 g/mol. The summed E-state index contributed by atoms with van der Waals surface area (Å²) in [5, 5.41) is 0. The fourth-order valence-electron chi connectivity index (χ4n) is 1.96. The second kappa shape index (κ2) is 6.13. The van der Waals surface area contributed by atoms with Crippen LogP contribution in [0, 0.1) is 5.82 Å². The van der Waals surface area contributed by atoms with E-state index in [2.05, 4.69) is 4.74 Å². The third-order valence-corrected chi connectivity index (χ3v) is 2.92. The van der Waals surface area contributed by atoms with Crippen LogP contribution < -0.4 is 10.5 Å². The summed E-state index contributed by atoms with van der Waals surface area (Å²) in [5.41, 5.74) is 6.78. The molecule has 1 atom stereocenters. The van der Waals surface area contributed by atoms with Gasteiger partial charge in [-0.15, -0.1) is 13.2 Å². The topological polar surface area (TPSA) is 35.2 Å². The molecule has 0 saturated carbocycles. The SMILES string of the molecule is NC(Cc1ccccc1F)c1cccc(OC(F)(F)F)c1. The number of ether oxygens (including phenoxy) is 1. The molecule has 2 rings (SSSR count). The third-order valence-electron chi connectivity index (χ3n) is 2.92. The fraction of sp³-hybridized carbons (Fsp3) is 0.200. The van der Waals surface area contributed by atoms with Crippen molar-refractivity contribution in [3.63, 3.8) is 0 Å². The van der Waals surface area contributed by atoms with Gasteiger partial charge in [0, 0.05) is 6.04 Å². The van der Waals surface area contributed by atoms with Crippen molar-refractivity contribution < 1.29 is 22.3 Å². The minimum Gasteiger partial charge on any atom is -0.406 e. The van der Waals surface area contributed by atoms with Crippen molar-refractivity contribution in [2.45, 2.75) is 18.8 Å². The first-order valence-corrected chi connectivity index (χ1v) is 6.20. The molecule has 2 aromatic carbocycles. The van der Waals surface area contributed by atoms with Crippen LogP contribution >= 0.6 is 0 Å². The molecule has 0 spiro atoms. The van der Waals surface area contributed by atoms with Crippen LogP contribution in [-0.4, -0.2) is 6.36 Å². The van der Waals surface area contributed by atoms with Crippen molar-refractivity contribution in [1.29, 1.82) is 0 Å². The maximum Gasteiger partial charge on any atom is 0.573 e. The molecule has 2 aromatic rings. The second-order valence-corrected chi connectivity index (χ2v) is 4.52. The number of nitrogens with two attached hydrogens (primary N) is 1. The van der Waals surface area contributed by atoms with Gasteiger partial charge in [-0.1, -0.05) is 30.3 Å². The Balaban J connectivity index is 2.14. The second-order valence-electron chi connectivity index (χ2n) is 4.52. The lowest BCUT2D eigenvalue weighted by Crippen LogP contribution is -2.18. The Morgan fingerprint density at radius 2 is 1.76 bits per heavy atom. The molecule has 0 aliphatic rings. The highest BCUT2D eigenvalue weighted by Crippen LogP contribution is 2.26. The number of alkyl halides is 3. The molecule has 1 unspecified atom stereocenters. The molecule has 112 valence electrons. The van der Waals surface area contributed by atoms with Gasteiger partial charge in [-0.3, -0.25) is 0 Å². The van der Waals surface area contributed by atoms with E-state index in [4.69, 9.17) is 5.73 Å². The first kappa shape index (κ1) is 15.3. The number of benzene rings is 2. The summed E-state index contributed by atoms with van der Waals surface area (Å²) in [4.78, 5) is 0. The van der Waals surface area contributed by atoms with Gasteiger partial charge in [0.25, 0.3) is 0 Å². The molecule has 0 amide bonds. The van der Waals surface area contributed by atoms with Crippen molar-refractivity contribution in [2.75, 3.05) is 0 Å². The van der Waals surface area contributed by atoms with Crippen LogP contribution in [-0.2, 0) is 6.42 Å². The molecular formula is C15H13F4NO. The monoisotopic (exact) mass is 299 g/mol. The van der Waals surface area contributed by atoms with Crippen molar-refractivity contribution in [3.8, 4) is 5.75 Å². The maximum atomic E-state index is 13.5. The Kier molecular flexibility index (Phi) is 4.47. The fourth-order valence-corrected chi connectivity index (χ4v) is 1.96. The van der Waals surface area contributed by atoms with Gasteiger partial charge in [-0.05, 0) is 35.7 Å². The molecule has 2 N–H and O–H groups in total. The summed E-state index contributed by atoms with van der Waals surface area (Å²) >= 11 is 0. The molecule has 2 nitrogen and oxygen atoms in total. The Morgan fingerprint density at radius 3 is 2.43 bits per heavy atom. The van der Waals surface area contributed by atoms with E-state index >= 15 is 0 Å². The van der Waals surface area contributed by atoms with Gasteiger partial charge < -0.3 is 10.5 Å². The zero-order valence-corrected chi connectivity index (χ0v) is 10.9. The van der Waals surface area contributed by atoms with Crippen molar-refractivity contribution >= 4 is 0 Å². The predicted octanol–water partition coefficient (Wildman–Crippen LogP) is 3.97. The molecule has 0 aliphatic heterocycles. The van der Waals surface area contributed by atoms with E-state index in [1.807, 2.05) is 0 Å². The van der Waals surface area contributed by atoms with Gasteiger partial charge in [0.1, 0.15) is 11.6 Å². The average molecular weight is 299 g/mol. The van der Waals surface area contributed by atoms with Crippen molar-refractivity contribution in [2.24, 2.45) is 5.73 Å². The van der Waals surface area contributed by atoms with E-state index in [1.54, 1.807) is 24.3 Å². The van der Waals surface area contributed by atoms with Gasteiger partial charge >= 0.3 is 6.36 Å². The minimum absolute atomic E-state index is 0.183. The Bertz CT molecular complexity index is 613. The van der Waals surface area contributed by atoms with E-state index in [-0.39, 0.29) is 12.2 Å². The highest BCUT2D eigenvalue weighted by Gasteiger charge is 2.31. The molecule has 6 heteroatoms. The first-order valence-electron chi connectivity index (χ1n) is 6.20. The largest absolute Gasteiger partial charge is 0.573 e. The number of rotatable bonds is 4. The van der Waals surface area contributed by atoms with Gasteiger partial charge in [0.15, 0.2) is 0 Å². The number of hydrogen-bond acceptors (Lipinski definition) is 2. The van der Waals surface area contributed by atoms with Crippen LogP contribution in [0.2, 0.25) is 0 Å². The Labute approximate surface area is 119 Å². The Morgan fingerprint density at radius 1 is 1.05 bits per heavy atom. The molecule has 0 radical (unpaired) electrons. The standard InChI is InChI=1S/C15H13F4NO/c16-13-7-2-1-4-10(13)9-14(20)11-5-3-6-12(8-11)21-15(17,18)19/h1-8,14H,9,20H2. The summed E-state index contributed by atoms with van der Waals surface area (Å²) in [6, 6.07) is 10.9. The van der Waals surface area contributed by atoms with Crippen LogP contribution in [0.15, 0.2) is 48.5 Å². The van der Waals surface area contributed by atoms with E-state index in [1.165, 1.54) is 24.3 Å². The normalized spacial score (nSPS) is 13.0. The van der Waals surface area contributed by atoms with Gasteiger partial charge in [-0.2, -0.15) is 0 Å². The maximum absolute atomic E-state index is 13.5. The van der Waals surface area contributed by atoms with Crippen LogP contribution in [0.4, 0.5) is 17.6 Å². The number of hydrogen-bond donors (Lipinski definition) is 1. The summed E-state index contributed by atoms with van der Waals surface area (Å²) in [6.07, 6.45) is -4.57. The average Bonchev–Trinajstić information content (AvgIpc) is 2.39. The lowest BCUT2D eigenvalue weighted by molar-refractivity contribution is -0.274. The lowest BCUT2D eigenvalue weighted by atomic mass is 9.99. The van der Waals surface area contributed by atoms with Crippen molar-refractivity contribution in [3.05, 3.63) is 65.5 Å². The zero-order valence-electron chi connectivity index (χ0n) is 10.9. The summed E-state index contributed by atoms with van der Waals surface area (Å²) in [7, 11) is 0. The molecule has 0 aromatic heterocycles. The highest BCUT2D eigenvalue weighted by molar-refractivity contribution is 5.32.